The number of rotatable bonds is 7. The number of amides is 1. The van der Waals surface area contributed by atoms with Gasteiger partial charge in [0.1, 0.15) is 5.75 Å². The van der Waals surface area contributed by atoms with Crippen LogP contribution in [0.25, 0.3) is 0 Å². The smallest absolute Gasteiger partial charge is 0.269 e. The van der Waals surface area contributed by atoms with Gasteiger partial charge in [-0.3, -0.25) is 20.2 Å². The molecular formula is C21H18N4O4S. The monoisotopic (exact) mass is 422 g/mol. The molecule has 8 nitrogen and oxygen atoms in total. The van der Waals surface area contributed by atoms with Gasteiger partial charge in [-0.1, -0.05) is 18.2 Å². The van der Waals surface area contributed by atoms with Gasteiger partial charge >= 0.3 is 0 Å². The molecule has 1 amide bonds. The van der Waals surface area contributed by atoms with Crippen molar-refractivity contribution in [2.24, 2.45) is 0 Å². The van der Waals surface area contributed by atoms with Crippen LogP contribution in [0, 0.1) is 10.1 Å². The number of nitrogens with one attached hydrogen (secondary N) is 3. The van der Waals surface area contributed by atoms with E-state index in [9.17, 15) is 14.9 Å². The van der Waals surface area contributed by atoms with Crippen LogP contribution in [0.1, 0.15) is 0 Å². The number of nitrogens with zero attached hydrogens (tertiary/aromatic N) is 1. The Morgan fingerprint density at radius 3 is 2.13 bits per heavy atom. The Bertz CT molecular complexity index is 1030. The van der Waals surface area contributed by atoms with E-state index in [1.165, 1.54) is 24.3 Å². The van der Waals surface area contributed by atoms with Crippen molar-refractivity contribution in [3.05, 3.63) is 89.0 Å². The third-order valence-corrected chi connectivity index (χ3v) is 4.08. The number of carbonyl (C=O) groups excluding carboxylic acids is 1. The normalized spacial score (nSPS) is 10.0. The average molecular weight is 422 g/mol. The van der Waals surface area contributed by atoms with Crippen LogP contribution < -0.4 is 20.7 Å². The minimum atomic E-state index is -0.509. The molecule has 0 aliphatic carbocycles. The third kappa shape index (κ3) is 6.28. The third-order valence-electron chi connectivity index (χ3n) is 3.88. The molecule has 0 saturated heterocycles. The van der Waals surface area contributed by atoms with Crippen molar-refractivity contribution in [1.29, 1.82) is 0 Å². The highest BCUT2D eigenvalue weighted by molar-refractivity contribution is 7.80. The van der Waals surface area contributed by atoms with Gasteiger partial charge in [-0.2, -0.15) is 0 Å². The zero-order valence-electron chi connectivity index (χ0n) is 15.7. The van der Waals surface area contributed by atoms with Gasteiger partial charge in [0.05, 0.1) is 4.92 Å². The van der Waals surface area contributed by atoms with Gasteiger partial charge in [-0.15, -0.1) is 0 Å². The van der Waals surface area contributed by atoms with E-state index >= 15 is 0 Å². The molecule has 0 saturated carbocycles. The lowest BCUT2D eigenvalue weighted by atomic mass is 10.2. The van der Waals surface area contributed by atoms with Crippen molar-refractivity contribution in [2.75, 3.05) is 17.2 Å². The zero-order chi connectivity index (χ0) is 21.3. The van der Waals surface area contributed by atoms with E-state index in [0.29, 0.717) is 5.75 Å². The summed E-state index contributed by atoms with van der Waals surface area (Å²) >= 11 is 5.14. The molecule has 0 atom stereocenters. The summed E-state index contributed by atoms with van der Waals surface area (Å²) in [7, 11) is 0. The number of para-hydroxylation sites is 1. The van der Waals surface area contributed by atoms with Crippen LogP contribution in [-0.4, -0.2) is 22.5 Å². The summed E-state index contributed by atoms with van der Waals surface area (Å²) in [4.78, 5) is 22.1. The van der Waals surface area contributed by atoms with Gasteiger partial charge in [0.15, 0.2) is 11.7 Å². The SMILES string of the molecule is O=C(COc1ccc([N+](=O)[O-])cc1)NC(=S)Nc1ccc(Nc2ccccc2)cc1. The minimum Gasteiger partial charge on any atom is -0.484 e. The Morgan fingerprint density at radius 1 is 0.900 bits per heavy atom. The summed E-state index contributed by atoms with van der Waals surface area (Å²) in [6, 6.07) is 22.7. The number of thiocarbonyl (C=S) groups is 1. The van der Waals surface area contributed by atoms with Crippen molar-refractivity contribution in [3.8, 4) is 5.75 Å². The van der Waals surface area contributed by atoms with Crippen LogP contribution in [0.5, 0.6) is 5.75 Å². The summed E-state index contributed by atoms with van der Waals surface area (Å²) in [5.41, 5.74) is 2.56. The van der Waals surface area contributed by atoms with E-state index in [1.54, 1.807) is 0 Å². The number of hydrogen-bond donors (Lipinski definition) is 3. The van der Waals surface area contributed by atoms with Crippen LogP contribution in [-0.2, 0) is 4.79 Å². The second kappa shape index (κ2) is 9.99. The quantitative estimate of drug-likeness (QED) is 0.297. The number of ether oxygens (including phenoxy) is 1. The molecule has 0 heterocycles. The molecule has 0 spiro atoms. The lowest BCUT2D eigenvalue weighted by Gasteiger charge is -2.11. The zero-order valence-corrected chi connectivity index (χ0v) is 16.5. The van der Waals surface area contributed by atoms with Crippen LogP contribution in [0.3, 0.4) is 0 Å². The van der Waals surface area contributed by atoms with E-state index in [4.69, 9.17) is 17.0 Å². The lowest BCUT2D eigenvalue weighted by molar-refractivity contribution is -0.384. The highest BCUT2D eigenvalue weighted by Crippen LogP contribution is 2.19. The van der Waals surface area contributed by atoms with Crippen LogP contribution >= 0.6 is 12.2 Å². The van der Waals surface area contributed by atoms with Gasteiger partial charge in [-0.05, 0) is 60.7 Å². The first-order valence-corrected chi connectivity index (χ1v) is 9.31. The molecule has 0 aromatic heterocycles. The Morgan fingerprint density at radius 2 is 1.50 bits per heavy atom. The summed E-state index contributed by atoms with van der Waals surface area (Å²) < 4.78 is 5.30. The standard InChI is InChI=1S/C21H18N4O4S/c26-20(14-29-19-12-10-18(11-13-19)25(27)28)24-21(30)23-17-8-6-16(7-9-17)22-15-4-2-1-3-5-15/h1-13,22H,14H2,(H2,23,24,26,30). The molecular weight excluding hydrogens is 404 g/mol. The molecule has 152 valence electrons. The fourth-order valence-electron chi connectivity index (χ4n) is 2.46. The predicted octanol–water partition coefficient (Wildman–Crippen LogP) is 4.23. The number of nitro benzene ring substituents is 1. The first-order chi connectivity index (χ1) is 14.5. The molecule has 0 aliphatic heterocycles. The van der Waals surface area contributed by atoms with Crippen molar-refractivity contribution in [2.45, 2.75) is 0 Å². The highest BCUT2D eigenvalue weighted by atomic mass is 32.1. The Balaban J connectivity index is 1.44. The molecule has 9 heteroatoms. The Kier molecular flexibility index (Phi) is 6.91. The molecule has 0 radical (unpaired) electrons. The maximum atomic E-state index is 12.0. The van der Waals surface area contributed by atoms with Gasteiger partial charge in [0, 0.05) is 29.2 Å². The van der Waals surface area contributed by atoms with E-state index < -0.39 is 10.8 Å². The molecule has 30 heavy (non-hydrogen) atoms. The molecule has 3 N–H and O–H groups in total. The lowest BCUT2D eigenvalue weighted by Crippen LogP contribution is -2.37. The largest absolute Gasteiger partial charge is 0.484 e. The molecule has 0 fully saturated rings. The number of non-ortho nitro benzene ring substituents is 1. The van der Waals surface area contributed by atoms with E-state index in [1.807, 2.05) is 54.6 Å². The number of carbonyl (C=O) groups is 1. The van der Waals surface area contributed by atoms with Gasteiger partial charge < -0.3 is 15.4 Å². The van der Waals surface area contributed by atoms with Gasteiger partial charge in [0.2, 0.25) is 0 Å². The first kappa shape index (κ1) is 20.7. The van der Waals surface area contributed by atoms with E-state index in [-0.39, 0.29) is 17.4 Å². The van der Waals surface area contributed by atoms with E-state index in [0.717, 1.165) is 17.1 Å². The van der Waals surface area contributed by atoms with Gasteiger partial charge in [0.25, 0.3) is 11.6 Å². The fourth-order valence-corrected chi connectivity index (χ4v) is 2.69. The van der Waals surface area contributed by atoms with Crippen molar-refractivity contribution >= 4 is 46.0 Å². The number of nitro groups is 1. The molecule has 0 bridgehead atoms. The van der Waals surface area contributed by atoms with Crippen LogP contribution in [0.15, 0.2) is 78.9 Å². The second-order valence-electron chi connectivity index (χ2n) is 6.11. The summed E-state index contributed by atoms with van der Waals surface area (Å²) in [5.74, 6) is -0.107. The molecule has 3 aromatic rings. The average Bonchev–Trinajstić information content (AvgIpc) is 2.74. The first-order valence-electron chi connectivity index (χ1n) is 8.90. The molecule has 3 rings (SSSR count). The van der Waals surface area contributed by atoms with E-state index in [2.05, 4.69) is 16.0 Å². The van der Waals surface area contributed by atoms with Crippen molar-refractivity contribution in [3.63, 3.8) is 0 Å². The topological polar surface area (TPSA) is 106 Å². The van der Waals surface area contributed by atoms with Crippen LogP contribution in [0.2, 0.25) is 0 Å². The highest BCUT2D eigenvalue weighted by Gasteiger charge is 2.08. The maximum Gasteiger partial charge on any atom is 0.269 e. The predicted molar refractivity (Wildman–Crippen MR) is 119 cm³/mol. The molecule has 3 aromatic carbocycles. The summed E-state index contributed by atoms with van der Waals surface area (Å²) in [6.45, 7) is -0.278. The van der Waals surface area contributed by atoms with Gasteiger partial charge in [-0.25, -0.2) is 0 Å². The number of hydrogen-bond acceptors (Lipinski definition) is 6. The number of anilines is 3. The number of benzene rings is 3. The maximum absolute atomic E-state index is 12.0. The van der Waals surface area contributed by atoms with Crippen molar-refractivity contribution in [1.82, 2.24) is 5.32 Å². The second-order valence-corrected chi connectivity index (χ2v) is 6.52. The molecule has 0 aliphatic rings. The van der Waals surface area contributed by atoms with Crippen LogP contribution in [0.4, 0.5) is 22.7 Å². The summed E-state index contributed by atoms with van der Waals surface area (Å²) in [5, 5.41) is 19.5. The minimum absolute atomic E-state index is 0.0535. The summed E-state index contributed by atoms with van der Waals surface area (Å²) in [6.07, 6.45) is 0. The fraction of sp³-hybridized carbons (Fsp3) is 0.0476. The van der Waals surface area contributed by atoms with Crippen molar-refractivity contribution < 1.29 is 14.5 Å². The Hall–Kier alpha value is -3.98. The Labute approximate surface area is 178 Å². The molecule has 0 unspecified atom stereocenters.